The van der Waals surface area contributed by atoms with Crippen molar-refractivity contribution >= 4 is 11.9 Å². The molecule has 0 aromatic carbocycles. The molecule has 1 saturated heterocycles. The second kappa shape index (κ2) is 6.86. The number of carboxylic acid groups (broad SMARTS) is 1. The molecule has 0 spiro atoms. The van der Waals surface area contributed by atoms with Crippen molar-refractivity contribution in [3.8, 4) is 0 Å². The van der Waals surface area contributed by atoms with Crippen LogP contribution in [0, 0.1) is 5.92 Å². The summed E-state index contributed by atoms with van der Waals surface area (Å²) in [6.45, 7) is 4.51. The van der Waals surface area contributed by atoms with Gasteiger partial charge >= 0.3 is 5.97 Å². The first-order valence-electron chi connectivity index (χ1n) is 7.06. The van der Waals surface area contributed by atoms with Crippen LogP contribution in [0.2, 0.25) is 0 Å². The number of hydrogen-bond donors (Lipinski definition) is 2. The Bertz CT molecular complexity index is 331. The number of carbonyl (C=O) groups is 2. The summed E-state index contributed by atoms with van der Waals surface area (Å²) in [7, 11) is 0. The van der Waals surface area contributed by atoms with Crippen molar-refractivity contribution in [2.75, 3.05) is 45.8 Å². The van der Waals surface area contributed by atoms with Gasteiger partial charge in [0.25, 0.3) is 0 Å². The average molecular weight is 269 g/mol. The molecule has 6 nitrogen and oxygen atoms in total. The second-order valence-corrected chi connectivity index (χ2v) is 5.55. The van der Waals surface area contributed by atoms with Gasteiger partial charge in [-0.05, 0) is 31.7 Å². The summed E-state index contributed by atoms with van der Waals surface area (Å²) in [5.74, 6) is 0.0216. The van der Waals surface area contributed by atoms with Crippen LogP contribution in [0.15, 0.2) is 0 Å². The van der Waals surface area contributed by atoms with Gasteiger partial charge in [-0.1, -0.05) is 0 Å². The maximum absolute atomic E-state index is 11.8. The number of carboxylic acids is 1. The maximum atomic E-state index is 11.8. The minimum Gasteiger partial charge on any atom is -0.480 e. The monoisotopic (exact) mass is 269 g/mol. The molecule has 0 atom stereocenters. The molecule has 0 aromatic heterocycles. The topological polar surface area (TPSA) is 72.9 Å². The number of amides is 1. The van der Waals surface area contributed by atoms with E-state index in [4.69, 9.17) is 5.11 Å². The molecule has 1 aliphatic heterocycles. The SMILES string of the molecule is O=C(O)CN1CCCN(CC(=O)NCC2CC2)CC1. The largest absolute Gasteiger partial charge is 0.480 e. The average Bonchev–Trinajstić information content (AvgIpc) is 3.15. The van der Waals surface area contributed by atoms with Crippen LogP contribution in [0.1, 0.15) is 19.3 Å². The Morgan fingerprint density at radius 3 is 2.26 bits per heavy atom. The van der Waals surface area contributed by atoms with Crippen molar-refractivity contribution in [1.82, 2.24) is 15.1 Å². The summed E-state index contributed by atoms with van der Waals surface area (Å²) >= 11 is 0. The molecule has 0 bridgehead atoms. The van der Waals surface area contributed by atoms with Crippen molar-refractivity contribution < 1.29 is 14.7 Å². The molecule has 2 aliphatic rings. The molecule has 19 heavy (non-hydrogen) atoms. The van der Waals surface area contributed by atoms with Crippen molar-refractivity contribution in [1.29, 1.82) is 0 Å². The highest BCUT2D eigenvalue weighted by atomic mass is 16.4. The van der Waals surface area contributed by atoms with E-state index in [1.54, 1.807) is 0 Å². The van der Waals surface area contributed by atoms with E-state index < -0.39 is 5.97 Å². The highest BCUT2D eigenvalue weighted by Crippen LogP contribution is 2.27. The Labute approximate surface area is 113 Å². The predicted molar refractivity (Wildman–Crippen MR) is 70.9 cm³/mol. The quantitative estimate of drug-likeness (QED) is 0.687. The summed E-state index contributed by atoms with van der Waals surface area (Å²) in [6.07, 6.45) is 3.41. The van der Waals surface area contributed by atoms with E-state index in [0.717, 1.165) is 39.1 Å². The number of hydrogen-bond acceptors (Lipinski definition) is 4. The number of aliphatic carboxylic acids is 1. The van der Waals surface area contributed by atoms with Gasteiger partial charge in [-0.3, -0.25) is 19.4 Å². The first-order valence-corrected chi connectivity index (χ1v) is 7.06. The summed E-state index contributed by atoms with van der Waals surface area (Å²) < 4.78 is 0. The number of carbonyl (C=O) groups excluding carboxylic acids is 1. The van der Waals surface area contributed by atoms with Gasteiger partial charge in [0.2, 0.25) is 5.91 Å². The van der Waals surface area contributed by atoms with E-state index in [9.17, 15) is 9.59 Å². The Balaban J connectivity index is 1.66. The molecular weight excluding hydrogens is 246 g/mol. The third-order valence-electron chi connectivity index (χ3n) is 3.69. The second-order valence-electron chi connectivity index (χ2n) is 5.55. The van der Waals surface area contributed by atoms with Crippen LogP contribution < -0.4 is 5.32 Å². The van der Waals surface area contributed by atoms with Gasteiger partial charge in [-0.2, -0.15) is 0 Å². The standard InChI is InChI=1S/C13H23N3O3/c17-12(14-8-11-2-3-11)9-15-4-1-5-16(7-6-15)10-13(18)19/h11H,1-10H2,(H,14,17)(H,18,19). The molecule has 2 rings (SSSR count). The van der Waals surface area contributed by atoms with Crippen molar-refractivity contribution in [3.05, 3.63) is 0 Å². The Morgan fingerprint density at radius 2 is 1.68 bits per heavy atom. The van der Waals surface area contributed by atoms with E-state index in [0.29, 0.717) is 12.5 Å². The third kappa shape index (κ3) is 5.57. The van der Waals surface area contributed by atoms with Crippen molar-refractivity contribution in [2.45, 2.75) is 19.3 Å². The Kier molecular flexibility index (Phi) is 5.15. The lowest BCUT2D eigenvalue weighted by molar-refractivity contribution is -0.138. The number of nitrogens with zero attached hydrogens (tertiary/aromatic N) is 2. The zero-order valence-electron chi connectivity index (χ0n) is 11.3. The summed E-state index contributed by atoms with van der Waals surface area (Å²) in [6, 6.07) is 0. The van der Waals surface area contributed by atoms with Crippen LogP contribution in [0.25, 0.3) is 0 Å². The fourth-order valence-corrected chi connectivity index (χ4v) is 2.37. The summed E-state index contributed by atoms with van der Waals surface area (Å²) in [5.41, 5.74) is 0. The lowest BCUT2D eigenvalue weighted by Crippen LogP contribution is -2.40. The minimum absolute atomic E-state index is 0.0959. The van der Waals surface area contributed by atoms with Crippen LogP contribution in [0.5, 0.6) is 0 Å². The first kappa shape index (κ1) is 14.3. The Morgan fingerprint density at radius 1 is 1.05 bits per heavy atom. The third-order valence-corrected chi connectivity index (χ3v) is 3.69. The highest BCUT2D eigenvalue weighted by molar-refractivity contribution is 5.78. The molecule has 1 amide bonds. The van der Waals surface area contributed by atoms with Crippen LogP contribution in [0.3, 0.4) is 0 Å². The molecule has 1 saturated carbocycles. The van der Waals surface area contributed by atoms with Crippen LogP contribution in [-0.2, 0) is 9.59 Å². The van der Waals surface area contributed by atoms with Crippen LogP contribution in [-0.4, -0.2) is 72.6 Å². The van der Waals surface area contributed by atoms with Gasteiger partial charge in [-0.15, -0.1) is 0 Å². The zero-order chi connectivity index (χ0) is 13.7. The van der Waals surface area contributed by atoms with Gasteiger partial charge in [0.1, 0.15) is 0 Å². The lowest BCUT2D eigenvalue weighted by atomic mass is 10.3. The fourth-order valence-electron chi connectivity index (χ4n) is 2.37. The molecule has 2 fully saturated rings. The van der Waals surface area contributed by atoms with E-state index in [-0.39, 0.29) is 12.5 Å². The zero-order valence-corrected chi connectivity index (χ0v) is 11.3. The maximum Gasteiger partial charge on any atom is 0.317 e. The molecule has 2 N–H and O–H groups in total. The summed E-state index contributed by atoms with van der Waals surface area (Å²) in [4.78, 5) is 26.5. The van der Waals surface area contributed by atoms with E-state index >= 15 is 0 Å². The molecule has 1 aliphatic carbocycles. The fraction of sp³-hybridized carbons (Fsp3) is 0.846. The molecule has 1 heterocycles. The molecule has 6 heteroatoms. The van der Waals surface area contributed by atoms with Crippen molar-refractivity contribution in [2.24, 2.45) is 5.92 Å². The highest BCUT2D eigenvalue weighted by Gasteiger charge is 2.22. The van der Waals surface area contributed by atoms with Gasteiger partial charge in [-0.25, -0.2) is 0 Å². The van der Waals surface area contributed by atoms with Gasteiger partial charge in [0.15, 0.2) is 0 Å². The normalized spacial score (nSPS) is 21.9. The minimum atomic E-state index is -0.782. The van der Waals surface area contributed by atoms with Crippen LogP contribution in [0.4, 0.5) is 0 Å². The number of rotatable bonds is 6. The predicted octanol–water partition coefficient (Wildman–Crippen LogP) is -0.395. The van der Waals surface area contributed by atoms with E-state index in [1.165, 1.54) is 12.8 Å². The first-order chi connectivity index (χ1) is 9.13. The van der Waals surface area contributed by atoms with Gasteiger partial charge in [0.05, 0.1) is 13.1 Å². The Hall–Kier alpha value is -1.14. The van der Waals surface area contributed by atoms with E-state index in [1.807, 2.05) is 4.90 Å². The molecule has 0 radical (unpaired) electrons. The van der Waals surface area contributed by atoms with Crippen LogP contribution >= 0.6 is 0 Å². The molecular formula is C13H23N3O3. The smallest absolute Gasteiger partial charge is 0.317 e. The van der Waals surface area contributed by atoms with Gasteiger partial charge in [0, 0.05) is 26.2 Å². The van der Waals surface area contributed by atoms with E-state index in [2.05, 4.69) is 10.2 Å². The molecule has 0 unspecified atom stereocenters. The lowest BCUT2D eigenvalue weighted by Gasteiger charge is -2.20. The molecule has 0 aromatic rings. The molecule has 108 valence electrons. The van der Waals surface area contributed by atoms with Gasteiger partial charge < -0.3 is 10.4 Å². The summed E-state index contributed by atoms with van der Waals surface area (Å²) in [5, 5.41) is 11.7. The van der Waals surface area contributed by atoms with Crippen molar-refractivity contribution in [3.63, 3.8) is 0 Å². The number of nitrogens with one attached hydrogen (secondary N) is 1.